The molecule has 0 amide bonds. The zero-order valence-corrected chi connectivity index (χ0v) is 14.3. The van der Waals surface area contributed by atoms with E-state index in [1.54, 1.807) is 6.20 Å². The Bertz CT molecular complexity index is 773. The monoisotopic (exact) mass is 438 g/mol. The molecule has 0 aliphatic heterocycles. The van der Waals surface area contributed by atoms with E-state index in [9.17, 15) is 0 Å². The molecule has 1 aromatic heterocycles. The summed E-state index contributed by atoms with van der Waals surface area (Å²) in [4.78, 5) is 4.33. The van der Waals surface area contributed by atoms with Gasteiger partial charge in [-0.1, -0.05) is 28.1 Å². The van der Waals surface area contributed by atoms with Gasteiger partial charge in [0.1, 0.15) is 0 Å². The summed E-state index contributed by atoms with van der Waals surface area (Å²) in [6.45, 7) is 0. The smallest absolute Gasteiger partial charge is 0.0702 e. The third-order valence-electron chi connectivity index (χ3n) is 3.28. The molecule has 3 aromatic rings. The molecule has 0 aliphatic rings. The number of nitrogens with zero attached hydrogens (tertiary/aromatic N) is 1. The van der Waals surface area contributed by atoms with E-state index in [1.165, 1.54) is 3.57 Å². The van der Waals surface area contributed by atoms with Crippen molar-refractivity contribution in [2.75, 3.05) is 0 Å². The lowest BCUT2D eigenvalue weighted by Gasteiger charge is -2.15. The molecular formula is C16H12BrIN2. The van der Waals surface area contributed by atoms with Crippen LogP contribution in [0.25, 0.3) is 10.9 Å². The molecule has 100 valence electrons. The molecule has 1 atom stereocenters. The molecule has 1 heterocycles. The first kappa shape index (κ1) is 14.0. The van der Waals surface area contributed by atoms with Gasteiger partial charge in [-0.3, -0.25) is 4.98 Å². The van der Waals surface area contributed by atoms with Crippen molar-refractivity contribution in [3.63, 3.8) is 0 Å². The molecule has 3 rings (SSSR count). The van der Waals surface area contributed by atoms with Crippen LogP contribution < -0.4 is 5.73 Å². The lowest BCUT2D eigenvalue weighted by atomic mass is 9.98. The van der Waals surface area contributed by atoms with Crippen molar-refractivity contribution in [2.24, 2.45) is 5.73 Å². The fraction of sp³-hybridized carbons (Fsp3) is 0.0625. The number of hydrogen-bond donors (Lipinski definition) is 1. The summed E-state index contributed by atoms with van der Waals surface area (Å²) >= 11 is 5.89. The highest BCUT2D eigenvalue weighted by Gasteiger charge is 2.13. The van der Waals surface area contributed by atoms with Crippen molar-refractivity contribution in [2.45, 2.75) is 6.04 Å². The molecule has 4 heteroatoms. The molecule has 0 saturated carbocycles. The number of fused-ring (bicyclic) bond motifs is 1. The first-order chi connectivity index (χ1) is 9.65. The molecule has 0 aliphatic carbocycles. The third kappa shape index (κ3) is 2.73. The van der Waals surface area contributed by atoms with Gasteiger partial charge in [-0.05, 0) is 70.1 Å². The second-order valence-corrected chi connectivity index (χ2v) is 6.70. The van der Waals surface area contributed by atoms with Crippen LogP contribution >= 0.6 is 38.5 Å². The van der Waals surface area contributed by atoms with E-state index in [0.717, 1.165) is 26.5 Å². The number of rotatable bonds is 2. The summed E-state index contributed by atoms with van der Waals surface area (Å²) in [6, 6.07) is 16.2. The van der Waals surface area contributed by atoms with Gasteiger partial charge < -0.3 is 5.73 Å². The molecular weight excluding hydrogens is 427 g/mol. The van der Waals surface area contributed by atoms with E-state index in [1.807, 2.05) is 24.3 Å². The molecule has 2 N–H and O–H groups in total. The quantitative estimate of drug-likeness (QED) is 0.591. The molecule has 20 heavy (non-hydrogen) atoms. The fourth-order valence-electron chi connectivity index (χ4n) is 2.22. The van der Waals surface area contributed by atoms with Crippen LogP contribution in [0.2, 0.25) is 0 Å². The number of pyridine rings is 1. The molecule has 1 unspecified atom stereocenters. The molecule has 2 nitrogen and oxygen atoms in total. The minimum atomic E-state index is -0.149. The summed E-state index contributed by atoms with van der Waals surface area (Å²) in [7, 11) is 0. The van der Waals surface area contributed by atoms with Crippen molar-refractivity contribution >= 4 is 49.4 Å². The standard InChI is InChI=1S/C16H12BrIN2/c17-14-5-4-12(18)9-13(14)16(19)11-3-6-15-10(8-11)2-1-7-20-15/h1-9,16H,19H2. The van der Waals surface area contributed by atoms with Crippen LogP contribution in [0.3, 0.4) is 0 Å². The zero-order chi connectivity index (χ0) is 14.1. The van der Waals surface area contributed by atoms with Crippen LogP contribution in [0.5, 0.6) is 0 Å². The summed E-state index contributed by atoms with van der Waals surface area (Å²) in [6.07, 6.45) is 1.80. The summed E-state index contributed by atoms with van der Waals surface area (Å²) in [5, 5.41) is 1.11. The van der Waals surface area contributed by atoms with Gasteiger partial charge in [0.15, 0.2) is 0 Å². The van der Waals surface area contributed by atoms with E-state index >= 15 is 0 Å². The van der Waals surface area contributed by atoms with E-state index in [2.05, 4.69) is 67.8 Å². The minimum Gasteiger partial charge on any atom is -0.320 e. The highest BCUT2D eigenvalue weighted by molar-refractivity contribution is 14.1. The van der Waals surface area contributed by atoms with Gasteiger partial charge in [-0.2, -0.15) is 0 Å². The van der Waals surface area contributed by atoms with Crippen LogP contribution in [-0.4, -0.2) is 4.98 Å². The average molecular weight is 439 g/mol. The second-order valence-electron chi connectivity index (χ2n) is 4.60. The second kappa shape index (κ2) is 5.79. The maximum atomic E-state index is 6.42. The third-order valence-corrected chi connectivity index (χ3v) is 4.67. The highest BCUT2D eigenvalue weighted by Crippen LogP contribution is 2.29. The molecule has 0 bridgehead atoms. The Balaban J connectivity index is 2.07. The number of halogens is 2. The van der Waals surface area contributed by atoms with Crippen molar-refractivity contribution in [3.05, 3.63) is 73.9 Å². The van der Waals surface area contributed by atoms with Crippen LogP contribution in [0.15, 0.2) is 59.2 Å². The van der Waals surface area contributed by atoms with Crippen molar-refractivity contribution in [1.82, 2.24) is 4.98 Å². The fourth-order valence-corrected chi connectivity index (χ4v) is 3.23. The summed E-state index contributed by atoms with van der Waals surface area (Å²) in [5.74, 6) is 0. The Kier molecular flexibility index (Phi) is 4.05. The van der Waals surface area contributed by atoms with E-state index < -0.39 is 0 Å². The van der Waals surface area contributed by atoms with Gasteiger partial charge in [0.2, 0.25) is 0 Å². The van der Waals surface area contributed by atoms with Crippen molar-refractivity contribution in [1.29, 1.82) is 0 Å². The van der Waals surface area contributed by atoms with E-state index in [0.29, 0.717) is 0 Å². The molecule has 0 spiro atoms. The van der Waals surface area contributed by atoms with Crippen LogP contribution in [-0.2, 0) is 0 Å². The average Bonchev–Trinajstić information content (AvgIpc) is 2.48. The number of aromatic nitrogens is 1. The van der Waals surface area contributed by atoms with Crippen molar-refractivity contribution in [3.8, 4) is 0 Å². The summed E-state index contributed by atoms with van der Waals surface area (Å²) in [5.41, 5.74) is 9.60. The van der Waals surface area contributed by atoms with Gasteiger partial charge >= 0.3 is 0 Å². The largest absolute Gasteiger partial charge is 0.320 e. The van der Waals surface area contributed by atoms with Crippen molar-refractivity contribution < 1.29 is 0 Å². The lowest BCUT2D eigenvalue weighted by molar-refractivity contribution is 0.866. The van der Waals surface area contributed by atoms with Gasteiger partial charge in [-0.25, -0.2) is 0 Å². The normalized spacial score (nSPS) is 12.6. The zero-order valence-electron chi connectivity index (χ0n) is 10.6. The Morgan fingerprint density at radius 2 is 1.95 bits per heavy atom. The molecule has 2 aromatic carbocycles. The molecule has 0 radical (unpaired) electrons. The van der Waals surface area contributed by atoms with Gasteiger partial charge in [-0.15, -0.1) is 0 Å². The Hall–Kier alpha value is -0.980. The predicted molar refractivity (Wildman–Crippen MR) is 94.6 cm³/mol. The predicted octanol–water partition coefficient (Wildman–Crippen LogP) is 4.65. The van der Waals surface area contributed by atoms with E-state index in [4.69, 9.17) is 5.73 Å². The highest BCUT2D eigenvalue weighted by atomic mass is 127. The van der Waals surface area contributed by atoms with Gasteiger partial charge in [0.25, 0.3) is 0 Å². The lowest BCUT2D eigenvalue weighted by Crippen LogP contribution is -2.12. The van der Waals surface area contributed by atoms with Gasteiger partial charge in [0.05, 0.1) is 11.6 Å². The maximum absolute atomic E-state index is 6.42. The molecule has 0 saturated heterocycles. The molecule has 0 fully saturated rings. The van der Waals surface area contributed by atoms with Crippen LogP contribution in [0.1, 0.15) is 17.2 Å². The number of benzene rings is 2. The summed E-state index contributed by atoms with van der Waals surface area (Å²) < 4.78 is 2.22. The number of nitrogens with two attached hydrogens (primary N) is 1. The van der Waals surface area contributed by atoms with E-state index in [-0.39, 0.29) is 6.04 Å². The Morgan fingerprint density at radius 1 is 1.10 bits per heavy atom. The Labute approximate surface area is 139 Å². The Morgan fingerprint density at radius 3 is 2.80 bits per heavy atom. The topological polar surface area (TPSA) is 38.9 Å². The first-order valence-corrected chi connectivity index (χ1v) is 8.07. The maximum Gasteiger partial charge on any atom is 0.0702 e. The van der Waals surface area contributed by atoms with Crippen LogP contribution in [0, 0.1) is 3.57 Å². The van der Waals surface area contributed by atoms with Crippen LogP contribution in [0.4, 0.5) is 0 Å². The minimum absolute atomic E-state index is 0.149. The SMILES string of the molecule is NC(c1ccc2ncccc2c1)c1cc(I)ccc1Br. The first-order valence-electron chi connectivity index (χ1n) is 6.20. The van der Waals surface area contributed by atoms with Gasteiger partial charge in [0, 0.05) is 19.6 Å². The number of hydrogen-bond acceptors (Lipinski definition) is 2.